The summed E-state index contributed by atoms with van der Waals surface area (Å²) in [5.41, 5.74) is 1.05. The van der Waals surface area contributed by atoms with E-state index in [4.69, 9.17) is 0 Å². The highest BCUT2D eigenvalue weighted by Gasteiger charge is 2.40. The number of imide groups is 1. The lowest BCUT2D eigenvalue weighted by molar-refractivity contribution is 0.0651. The van der Waals surface area contributed by atoms with Gasteiger partial charge in [-0.1, -0.05) is 32.6 Å². The largest absolute Gasteiger partial charge is 0.274 e. The number of carbonyl (C=O) groups excluding carboxylic acids is 2. The van der Waals surface area contributed by atoms with E-state index in [0.29, 0.717) is 17.7 Å². The summed E-state index contributed by atoms with van der Waals surface area (Å²) in [5.74, 6) is -0.325. The van der Waals surface area contributed by atoms with Gasteiger partial charge in [0, 0.05) is 6.54 Å². The third kappa shape index (κ3) is 2.95. The summed E-state index contributed by atoms with van der Waals surface area (Å²) in [7, 11) is 0. The minimum absolute atomic E-state index is 0.163. The third-order valence-electron chi connectivity index (χ3n) is 3.23. The molecule has 104 valence electrons. The van der Waals surface area contributed by atoms with Crippen LogP contribution in [0.15, 0.2) is 7.57 Å². The quantitative estimate of drug-likeness (QED) is 0.498. The molecule has 2 rings (SSSR count). The van der Waals surface area contributed by atoms with Gasteiger partial charge < -0.3 is 0 Å². The molecule has 3 nitrogen and oxygen atoms in total. The van der Waals surface area contributed by atoms with E-state index in [0.717, 1.165) is 20.4 Å². The molecule has 0 spiro atoms. The van der Waals surface area contributed by atoms with Crippen molar-refractivity contribution in [2.24, 2.45) is 0 Å². The smallest absolute Gasteiger partial charge is 0.263 e. The van der Waals surface area contributed by atoms with Gasteiger partial charge in [-0.05, 0) is 38.3 Å². The second-order valence-corrected chi connectivity index (χ2v) is 8.23. The Morgan fingerprint density at radius 1 is 0.947 bits per heavy atom. The van der Waals surface area contributed by atoms with Crippen LogP contribution >= 0.6 is 43.2 Å². The Morgan fingerprint density at radius 3 is 2.00 bits per heavy atom. The first kappa shape index (κ1) is 15.2. The molecular formula is C13H15Br2NO2S. The minimum Gasteiger partial charge on any atom is -0.274 e. The molecule has 19 heavy (non-hydrogen) atoms. The maximum atomic E-state index is 12.2. The number of nitrogens with zero attached hydrogens (tertiary/aromatic N) is 1. The number of halogens is 2. The van der Waals surface area contributed by atoms with Crippen LogP contribution in [0.5, 0.6) is 0 Å². The lowest BCUT2D eigenvalue weighted by atomic mass is 10.1. The van der Waals surface area contributed by atoms with Crippen molar-refractivity contribution in [2.75, 3.05) is 6.54 Å². The maximum absolute atomic E-state index is 12.2. The zero-order valence-corrected chi connectivity index (χ0v) is 14.7. The summed E-state index contributed by atoms with van der Waals surface area (Å²) >= 11 is 8.09. The van der Waals surface area contributed by atoms with Crippen LogP contribution in [0.2, 0.25) is 0 Å². The zero-order chi connectivity index (χ0) is 14.0. The van der Waals surface area contributed by atoms with Gasteiger partial charge in [-0.25, -0.2) is 0 Å². The Balaban J connectivity index is 2.00. The van der Waals surface area contributed by atoms with Gasteiger partial charge in [-0.2, -0.15) is 0 Å². The van der Waals surface area contributed by atoms with Crippen LogP contribution in [0.1, 0.15) is 59.7 Å². The van der Waals surface area contributed by atoms with Gasteiger partial charge in [0.05, 0.1) is 18.7 Å². The Labute approximate surface area is 133 Å². The summed E-state index contributed by atoms with van der Waals surface area (Å²) in [6.45, 7) is 2.69. The molecule has 0 atom stereocenters. The highest BCUT2D eigenvalue weighted by Crippen LogP contribution is 2.41. The molecule has 0 radical (unpaired) electrons. The molecule has 1 aliphatic rings. The molecule has 0 unspecified atom stereocenters. The summed E-state index contributed by atoms with van der Waals surface area (Å²) in [4.78, 5) is 25.8. The molecule has 1 aromatic heterocycles. The standard InChI is InChI=1S/C13H15Br2NO2S/c1-2-3-4-5-6-7-16-12(17)8-9(13(16)18)11(15)19-10(8)14/h2-7H2,1H3. The summed E-state index contributed by atoms with van der Waals surface area (Å²) in [5, 5.41) is 0. The molecular weight excluding hydrogens is 394 g/mol. The van der Waals surface area contributed by atoms with E-state index in [9.17, 15) is 9.59 Å². The van der Waals surface area contributed by atoms with Gasteiger partial charge in [0.15, 0.2) is 0 Å². The molecule has 0 saturated carbocycles. The van der Waals surface area contributed by atoms with Crippen LogP contribution in [0.25, 0.3) is 0 Å². The van der Waals surface area contributed by atoms with Crippen molar-refractivity contribution < 1.29 is 9.59 Å². The number of thiophene rings is 1. The fraction of sp³-hybridized carbons (Fsp3) is 0.538. The van der Waals surface area contributed by atoms with Gasteiger partial charge in [0.2, 0.25) is 0 Å². The van der Waals surface area contributed by atoms with Crippen LogP contribution in [0.3, 0.4) is 0 Å². The van der Waals surface area contributed by atoms with Gasteiger partial charge >= 0.3 is 0 Å². The molecule has 0 fully saturated rings. The first-order valence-corrected chi connectivity index (χ1v) is 8.82. The van der Waals surface area contributed by atoms with Crippen molar-refractivity contribution >= 4 is 55.0 Å². The minimum atomic E-state index is -0.163. The third-order valence-corrected chi connectivity index (χ3v) is 5.76. The van der Waals surface area contributed by atoms with E-state index in [1.807, 2.05) is 0 Å². The fourth-order valence-corrected chi connectivity index (χ4v) is 5.30. The van der Waals surface area contributed by atoms with E-state index >= 15 is 0 Å². The zero-order valence-electron chi connectivity index (χ0n) is 10.7. The Kier molecular flexibility index (Phi) is 5.20. The summed E-state index contributed by atoms with van der Waals surface area (Å²) in [6, 6.07) is 0. The highest BCUT2D eigenvalue weighted by atomic mass is 79.9. The number of hydrogen-bond acceptors (Lipinski definition) is 3. The van der Waals surface area contributed by atoms with Crippen molar-refractivity contribution in [3.63, 3.8) is 0 Å². The molecule has 1 aliphatic heterocycles. The van der Waals surface area contributed by atoms with Crippen LogP contribution < -0.4 is 0 Å². The van der Waals surface area contributed by atoms with E-state index in [1.165, 1.54) is 35.5 Å². The van der Waals surface area contributed by atoms with Crippen LogP contribution in [0.4, 0.5) is 0 Å². The Hall–Kier alpha value is -0.200. The topological polar surface area (TPSA) is 37.4 Å². The van der Waals surface area contributed by atoms with Crippen molar-refractivity contribution in [1.82, 2.24) is 4.90 Å². The first-order valence-electron chi connectivity index (χ1n) is 6.42. The van der Waals surface area contributed by atoms with Crippen molar-refractivity contribution in [3.05, 3.63) is 18.7 Å². The van der Waals surface area contributed by atoms with Crippen LogP contribution in [0, 0.1) is 0 Å². The number of unbranched alkanes of at least 4 members (excludes halogenated alkanes) is 4. The number of fused-ring (bicyclic) bond motifs is 1. The molecule has 0 bridgehead atoms. The SMILES string of the molecule is CCCCCCCN1C(=O)c2c(Br)sc(Br)c2C1=O. The lowest BCUT2D eigenvalue weighted by Crippen LogP contribution is -2.31. The lowest BCUT2D eigenvalue weighted by Gasteiger charge is -2.13. The predicted molar refractivity (Wildman–Crippen MR) is 83.8 cm³/mol. The summed E-state index contributed by atoms with van der Waals surface area (Å²) < 4.78 is 1.47. The van der Waals surface area contributed by atoms with E-state index in [1.54, 1.807) is 0 Å². The predicted octanol–water partition coefficient (Wildman–Crippen LogP) is 4.84. The van der Waals surface area contributed by atoms with Gasteiger partial charge in [-0.3, -0.25) is 14.5 Å². The summed E-state index contributed by atoms with van der Waals surface area (Å²) in [6.07, 6.45) is 5.53. The Morgan fingerprint density at radius 2 is 1.47 bits per heavy atom. The van der Waals surface area contributed by atoms with Crippen LogP contribution in [-0.4, -0.2) is 23.3 Å². The second-order valence-electron chi connectivity index (χ2n) is 4.58. The molecule has 0 aromatic carbocycles. The monoisotopic (exact) mass is 407 g/mol. The van der Waals surface area contributed by atoms with Crippen LogP contribution in [-0.2, 0) is 0 Å². The average molecular weight is 409 g/mol. The number of carbonyl (C=O) groups is 2. The number of rotatable bonds is 6. The van der Waals surface area contributed by atoms with E-state index in [-0.39, 0.29) is 11.8 Å². The average Bonchev–Trinajstić information content (AvgIpc) is 2.79. The molecule has 1 aromatic rings. The number of amides is 2. The van der Waals surface area contributed by atoms with Gasteiger partial charge in [0.25, 0.3) is 11.8 Å². The molecule has 0 N–H and O–H groups in total. The molecule has 2 amide bonds. The molecule has 0 saturated heterocycles. The van der Waals surface area contributed by atoms with Gasteiger partial charge in [-0.15, -0.1) is 11.3 Å². The van der Waals surface area contributed by atoms with E-state index < -0.39 is 0 Å². The molecule has 6 heteroatoms. The fourth-order valence-electron chi connectivity index (χ4n) is 2.20. The Bertz CT molecular complexity index is 476. The van der Waals surface area contributed by atoms with Crippen molar-refractivity contribution in [3.8, 4) is 0 Å². The molecule has 0 aliphatic carbocycles. The first-order chi connectivity index (χ1) is 9.07. The maximum Gasteiger partial charge on any atom is 0.263 e. The molecule has 2 heterocycles. The van der Waals surface area contributed by atoms with Crippen molar-refractivity contribution in [1.29, 1.82) is 0 Å². The van der Waals surface area contributed by atoms with Crippen molar-refractivity contribution in [2.45, 2.75) is 39.0 Å². The highest BCUT2D eigenvalue weighted by molar-refractivity contribution is 9.12. The van der Waals surface area contributed by atoms with E-state index in [2.05, 4.69) is 38.8 Å². The second kappa shape index (κ2) is 6.50. The van der Waals surface area contributed by atoms with Gasteiger partial charge in [0.1, 0.15) is 0 Å². The number of hydrogen-bond donors (Lipinski definition) is 0. The normalized spacial score (nSPS) is 14.4.